The van der Waals surface area contributed by atoms with Crippen molar-refractivity contribution in [2.24, 2.45) is 0 Å². The van der Waals surface area contributed by atoms with Crippen LogP contribution in [0, 0.1) is 10.1 Å². The lowest BCUT2D eigenvalue weighted by Gasteiger charge is -1.95. The molecule has 6 heteroatoms. The summed E-state index contributed by atoms with van der Waals surface area (Å²) in [5, 5.41) is 10.3. The summed E-state index contributed by atoms with van der Waals surface area (Å²) in [5.41, 5.74) is -0.0282. The number of benzene rings is 1. The molecule has 0 heterocycles. The van der Waals surface area contributed by atoms with Crippen LogP contribution in [0.2, 0.25) is 0 Å². The van der Waals surface area contributed by atoms with Gasteiger partial charge in [0.05, 0.1) is 4.92 Å². The maximum atomic E-state index is 10.6. The van der Waals surface area contributed by atoms with Gasteiger partial charge in [0.25, 0.3) is 5.69 Å². The number of hydrogen-bond donors (Lipinski definition) is 1. The maximum Gasteiger partial charge on any atom is 0.270 e. The highest BCUT2D eigenvalue weighted by Crippen LogP contribution is 2.24. The van der Waals surface area contributed by atoms with E-state index >= 15 is 0 Å². The van der Waals surface area contributed by atoms with Gasteiger partial charge in [0.15, 0.2) is 0 Å². The van der Waals surface area contributed by atoms with Gasteiger partial charge in [-0.25, -0.2) is 0 Å². The summed E-state index contributed by atoms with van der Waals surface area (Å²) in [6.45, 7) is 0. The molecule has 0 saturated heterocycles. The van der Waals surface area contributed by atoms with Crippen LogP contribution < -0.4 is 0 Å². The molecular weight excluding hydrogens is 210 g/mol. The number of nitro benzene ring substituents is 1. The third-order valence-electron chi connectivity index (χ3n) is 1.23. The van der Waals surface area contributed by atoms with Crippen LogP contribution in [0.15, 0.2) is 29.2 Å². The minimum atomic E-state index is -0.507. The SMILES string of the molecule is O=C(S)Sc1cccc([N+](=O)[O-])c1. The molecule has 0 amide bonds. The number of nitrogens with zero attached hydrogens (tertiary/aromatic N) is 1. The molecular formula is C7H5NO3S2. The molecule has 0 saturated carbocycles. The summed E-state index contributed by atoms with van der Waals surface area (Å²) in [5.74, 6) is 0. The van der Waals surface area contributed by atoms with Gasteiger partial charge < -0.3 is 0 Å². The molecule has 13 heavy (non-hydrogen) atoms. The molecule has 0 N–H and O–H groups in total. The van der Waals surface area contributed by atoms with Crippen LogP contribution in [0.3, 0.4) is 0 Å². The second-order valence-corrected chi connectivity index (χ2v) is 3.88. The predicted molar refractivity (Wildman–Crippen MR) is 53.3 cm³/mol. The van der Waals surface area contributed by atoms with Crippen molar-refractivity contribution in [3.8, 4) is 0 Å². The van der Waals surface area contributed by atoms with Gasteiger partial charge >= 0.3 is 0 Å². The van der Waals surface area contributed by atoms with E-state index in [1.807, 2.05) is 0 Å². The molecule has 1 aromatic rings. The van der Waals surface area contributed by atoms with Crippen LogP contribution in [0.1, 0.15) is 0 Å². The number of carbonyl (C=O) groups excluding carboxylic acids is 1. The minimum Gasteiger partial charge on any atom is -0.274 e. The second kappa shape index (κ2) is 4.29. The Morgan fingerprint density at radius 2 is 2.23 bits per heavy atom. The lowest BCUT2D eigenvalue weighted by molar-refractivity contribution is -0.385. The summed E-state index contributed by atoms with van der Waals surface area (Å²) in [6.07, 6.45) is 0. The fraction of sp³-hybridized carbons (Fsp3) is 0. The number of non-ortho nitro benzene ring substituents is 1. The highest BCUT2D eigenvalue weighted by atomic mass is 32.2. The molecule has 0 atom stereocenters. The van der Waals surface area contributed by atoms with Crippen LogP contribution in [0.5, 0.6) is 0 Å². The number of nitro groups is 1. The Kier molecular flexibility index (Phi) is 3.32. The van der Waals surface area contributed by atoms with Gasteiger partial charge in [-0.3, -0.25) is 14.9 Å². The number of hydrogen-bond acceptors (Lipinski definition) is 4. The first-order valence-corrected chi connectivity index (χ1v) is 4.51. The van der Waals surface area contributed by atoms with E-state index in [9.17, 15) is 14.9 Å². The fourth-order valence-corrected chi connectivity index (χ4v) is 1.61. The monoisotopic (exact) mass is 215 g/mol. The molecule has 1 aromatic carbocycles. The number of rotatable bonds is 2. The largest absolute Gasteiger partial charge is 0.274 e. The standard InChI is InChI=1S/C7H5NO3S2/c9-7(12)13-6-3-1-2-5(4-6)8(10)11/h1-4H,(H,9,12). The first kappa shape index (κ1) is 10.1. The number of thiol groups is 1. The molecule has 0 aromatic heterocycles. The number of thioether (sulfide) groups is 1. The van der Waals surface area contributed by atoms with E-state index in [1.165, 1.54) is 18.2 Å². The molecule has 0 aliphatic carbocycles. The van der Waals surface area contributed by atoms with E-state index < -0.39 is 4.92 Å². The summed E-state index contributed by atoms with van der Waals surface area (Å²) < 4.78 is -0.388. The van der Waals surface area contributed by atoms with Crippen molar-refractivity contribution in [3.63, 3.8) is 0 Å². The summed E-state index contributed by atoms with van der Waals surface area (Å²) in [7, 11) is 0. The van der Waals surface area contributed by atoms with Crippen molar-refractivity contribution >= 4 is 34.5 Å². The molecule has 0 spiro atoms. The highest BCUT2D eigenvalue weighted by molar-refractivity contribution is 8.32. The van der Waals surface area contributed by atoms with E-state index in [1.54, 1.807) is 6.07 Å². The van der Waals surface area contributed by atoms with Crippen molar-refractivity contribution in [1.29, 1.82) is 0 Å². The van der Waals surface area contributed by atoms with Gasteiger partial charge in [0.1, 0.15) is 0 Å². The maximum absolute atomic E-state index is 10.6. The van der Waals surface area contributed by atoms with Crippen molar-refractivity contribution in [3.05, 3.63) is 34.4 Å². The Morgan fingerprint density at radius 1 is 1.54 bits per heavy atom. The van der Waals surface area contributed by atoms with Gasteiger partial charge in [-0.15, -0.1) is 0 Å². The van der Waals surface area contributed by atoms with Crippen LogP contribution in [0.4, 0.5) is 10.5 Å². The number of carbonyl (C=O) groups is 1. The van der Waals surface area contributed by atoms with E-state index in [4.69, 9.17) is 0 Å². The molecule has 0 unspecified atom stereocenters. The van der Waals surface area contributed by atoms with E-state index in [0.717, 1.165) is 11.8 Å². The van der Waals surface area contributed by atoms with Gasteiger partial charge in [-0.2, -0.15) is 0 Å². The Bertz CT molecular complexity index is 353. The van der Waals surface area contributed by atoms with Crippen LogP contribution in [-0.2, 0) is 0 Å². The average Bonchev–Trinajstić information content (AvgIpc) is 2.03. The quantitative estimate of drug-likeness (QED) is 0.356. The van der Waals surface area contributed by atoms with E-state index in [-0.39, 0.29) is 10.1 Å². The zero-order valence-corrected chi connectivity index (χ0v) is 8.05. The van der Waals surface area contributed by atoms with Crippen molar-refractivity contribution < 1.29 is 9.72 Å². The van der Waals surface area contributed by atoms with Crippen molar-refractivity contribution in [2.45, 2.75) is 4.90 Å². The van der Waals surface area contributed by atoms with Gasteiger partial charge in [0.2, 0.25) is 4.45 Å². The smallest absolute Gasteiger partial charge is 0.270 e. The predicted octanol–water partition coefficient (Wildman–Crippen LogP) is 2.74. The molecule has 0 aliphatic rings. The summed E-state index contributed by atoms with van der Waals surface area (Å²) >= 11 is 4.40. The molecule has 68 valence electrons. The van der Waals surface area contributed by atoms with Crippen molar-refractivity contribution in [1.82, 2.24) is 0 Å². The fourth-order valence-electron chi connectivity index (χ4n) is 0.761. The second-order valence-electron chi connectivity index (χ2n) is 2.12. The lowest BCUT2D eigenvalue weighted by Crippen LogP contribution is -1.87. The third kappa shape index (κ3) is 3.08. The zero-order chi connectivity index (χ0) is 9.84. The van der Waals surface area contributed by atoms with E-state index in [0.29, 0.717) is 4.90 Å². The molecule has 4 nitrogen and oxygen atoms in total. The van der Waals surface area contributed by atoms with E-state index in [2.05, 4.69) is 12.6 Å². The topological polar surface area (TPSA) is 60.2 Å². The average molecular weight is 215 g/mol. The van der Waals surface area contributed by atoms with Crippen molar-refractivity contribution in [2.75, 3.05) is 0 Å². The zero-order valence-electron chi connectivity index (χ0n) is 6.34. The Hall–Kier alpha value is -1.01. The first-order valence-electron chi connectivity index (χ1n) is 3.25. The molecule has 0 bridgehead atoms. The minimum absolute atomic E-state index is 0.0282. The highest BCUT2D eigenvalue weighted by Gasteiger charge is 2.07. The van der Waals surface area contributed by atoms with Crippen LogP contribution >= 0.6 is 24.4 Å². The van der Waals surface area contributed by atoms with Gasteiger partial charge in [-0.05, 0) is 17.8 Å². The first-order chi connectivity index (χ1) is 6.09. The Labute approximate surface area is 83.9 Å². The van der Waals surface area contributed by atoms with Crippen LogP contribution in [-0.4, -0.2) is 9.37 Å². The normalized spacial score (nSPS) is 9.62. The molecule has 1 rings (SSSR count). The van der Waals surface area contributed by atoms with Gasteiger partial charge in [0, 0.05) is 17.0 Å². The third-order valence-corrected chi connectivity index (χ3v) is 2.17. The van der Waals surface area contributed by atoms with Crippen LogP contribution in [0.25, 0.3) is 0 Å². The molecule has 0 fully saturated rings. The summed E-state index contributed by atoms with van der Waals surface area (Å²) in [4.78, 5) is 20.9. The Morgan fingerprint density at radius 3 is 2.77 bits per heavy atom. The van der Waals surface area contributed by atoms with Gasteiger partial charge in [-0.1, -0.05) is 18.7 Å². The molecule has 0 aliphatic heterocycles. The lowest BCUT2D eigenvalue weighted by atomic mass is 10.3. The Balaban J connectivity index is 2.91. The summed E-state index contributed by atoms with van der Waals surface area (Å²) in [6, 6.07) is 5.84. The molecule has 0 radical (unpaired) electrons.